The van der Waals surface area contributed by atoms with Crippen LogP contribution in [0.4, 0.5) is 0 Å². The van der Waals surface area contributed by atoms with Crippen LogP contribution in [0, 0.1) is 0 Å². The van der Waals surface area contributed by atoms with Gasteiger partial charge in [0.25, 0.3) is 0 Å². The van der Waals surface area contributed by atoms with Gasteiger partial charge in [-0.2, -0.15) is 0 Å². The van der Waals surface area contributed by atoms with Crippen LogP contribution in [0.5, 0.6) is 17.2 Å². The Morgan fingerprint density at radius 2 is 1.78 bits per heavy atom. The number of methoxy groups -OCH3 is 3. The SMILES string of the molecule is CN=C(NCCCC(=O)NC1CC1)NCc1cc(OC)c(OC)c(OC)c1. The number of rotatable bonds is 10. The molecule has 1 fully saturated rings. The number of aliphatic imine (C=N–C) groups is 1. The summed E-state index contributed by atoms with van der Waals surface area (Å²) >= 11 is 0. The van der Waals surface area contributed by atoms with E-state index in [2.05, 4.69) is 20.9 Å². The zero-order valence-electron chi connectivity index (χ0n) is 16.6. The molecule has 0 aliphatic heterocycles. The first-order valence-electron chi connectivity index (χ1n) is 9.14. The third-order valence-electron chi connectivity index (χ3n) is 4.22. The fraction of sp³-hybridized carbons (Fsp3) is 0.579. The molecule has 2 rings (SSSR count). The molecule has 1 saturated carbocycles. The van der Waals surface area contributed by atoms with Crippen molar-refractivity contribution in [2.24, 2.45) is 4.99 Å². The maximum atomic E-state index is 11.7. The summed E-state index contributed by atoms with van der Waals surface area (Å²) < 4.78 is 16.1. The van der Waals surface area contributed by atoms with E-state index in [0.717, 1.165) is 24.8 Å². The van der Waals surface area contributed by atoms with Gasteiger partial charge in [-0.15, -0.1) is 0 Å². The predicted octanol–water partition coefficient (Wildman–Crippen LogP) is 1.44. The first-order valence-corrected chi connectivity index (χ1v) is 9.14. The second-order valence-corrected chi connectivity index (χ2v) is 6.33. The lowest BCUT2D eigenvalue weighted by molar-refractivity contribution is -0.121. The molecule has 0 unspecified atom stereocenters. The zero-order valence-corrected chi connectivity index (χ0v) is 16.6. The Labute approximate surface area is 160 Å². The van der Waals surface area contributed by atoms with E-state index in [-0.39, 0.29) is 5.91 Å². The van der Waals surface area contributed by atoms with Gasteiger partial charge in [0.2, 0.25) is 11.7 Å². The summed E-state index contributed by atoms with van der Waals surface area (Å²) in [5.41, 5.74) is 0.969. The van der Waals surface area contributed by atoms with E-state index in [1.165, 1.54) is 0 Å². The number of hydrogen-bond acceptors (Lipinski definition) is 5. The highest BCUT2D eigenvalue weighted by Gasteiger charge is 2.22. The van der Waals surface area contributed by atoms with Gasteiger partial charge in [-0.1, -0.05) is 0 Å². The van der Waals surface area contributed by atoms with E-state index < -0.39 is 0 Å². The number of guanidine groups is 1. The molecular weight excluding hydrogens is 348 g/mol. The maximum absolute atomic E-state index is 11.7. The van der Waals surface area contributed by atoms with Crippen LogP contribution in [-0.2, 0) is 11.3 Å². The van der Waals surface area contributed by atoms with Crippen molar-refractivity contribution in [3.63, 3.8) is 0 Å². The quantitative estimate of drug-likeness (QED) is 0.324. The molecule has 1 aliphatic rings. The number of benzene rings is 1. The second kappa shape index (κ2) is 10.5. The minimum atomic E-state index is 0.125. The Hall–Kier alpha value is -2.64. The van der Waals surface area contributed by atoms with Crippen molar-refractivity contribution in [1.82, 2.24) is 16.0 Å². The summed E-state index contributed by atoms with van der Waals surface area (Å²) in [5, 5.41) is 9.45. The van der Waals surface area contributed by atoms with Crippen molar-refractivity contribution in [1.29, 1.82) is 0 Å². The molecule has 0 spiro atoms. The average molecular weight is 378 g/mol. The second-order valence-electron chi connectivity index (χ2n) is 6.33. The van der Waals surface area contributed by atoms with Crippen LogP contribution < -0.4 is 30.2 Å². The van der Waals surface area contributed by atoms with Crippen LogP contribution >= 0.6 is 0 Å². The first-order chi connectivity index (χ1) is 13.1. The molecule has 1 amide bonds. The number of carbonyl (C=O) groups is 1. The minimum absolute atomic E-state index is 0.125. The van der Waals surface area contributed by atoms with E-state index >= 15 is 0 Å². The van der Waals surface area contributed by atoms with Crippen molar-refractivity contribution in [2.75, 3.05) is 34.9 Å². The zero-order chi connectivity index (χ0) is 19.6. The molecule has 0 atom stereocenters. The molecule has 0 aromatic heterocycles. The molecule has 0 saturated heterocycles. The summed E-state index contributed by atoms with van der Waals surface area (Å²) in [6.07, 6.45) is 3.50. The molecule has 8 heteroatoms. The molecule has 8 nitrogen and oxygen atoms in total. The summed E-state index contributed by atoms with van der Waals surface area (Å²) in [5.74, 6) is 2.58. The largest absolute Gasteiger partial charge is 0.493 e. The summed E-state index contributed by atoms with van der Waals surface area (Å²) in [6.45, 7) is 1.21. The number of nitrogens with one attached hydrogen (secondary N) is 3. The lowest BCUT2D eigenvalue weighted by Crippen LogP contribution is -2.37. The van der Waals surface area contributed by atoms with Gasteiger partial charge in [0.05, 0.1) is 21.3 Å². The van der Waals surface area contributed by atoms with E-state index in [4.69, 9.17) is 14.2 Å². The van der Waals surface area contributed by atoms with E-state index in [0.29, 0.717) is 48.8 Å². The molecular formula is C19H30N4O4. The maximum Gasteiger partial charge on any atom is 0.220 e. The Balaban J connectivity index is 1.80. The predicted molar refractivity (Wildman–Crippen MR) is 105 cm³/mol. The first kappa shape index (κ1) is 20.7. The summed E-state index contributed by atoms with van der Waals surface area (Å²) in [4.78, 5) is 15.9. The molecule has 0 heterocycles. The topological polar surface area (TPSA) is 93.2 Å². The number of hydrogen-bond donors (Lipinski definition) is 3. The van der Waals surface area contributed by atoms with Crippen LogP contribution in [0.25, 0.3) is 0 Å². The van der Waals surface area contributed by atoms with Crippen molar-refractivity contribution < 1.29 is 19.0 Å². The van der Waals surface area contributed by atoms with Gasteiger partial charge >= 0.3 is 0 Å². The van der Waals surface area contributed by atoms with Crippen LogP contribution in [0.2, 0.25) is 0 Å². The Morgan fingerprint density at radius 3 is 2.30 bits per heavy atom. The normalized spacial score (nSPS) is 13.7. The molecule has 3 N–H and O–H groups in total. The molecule has 150 valence electrons. The number of nitrogens with zero attached hydrogens (tertiary/aromatic N) is 1. The number of ether oxygens (including phenoxy) is 3. The van der Waals surface area contributed by atoms with Crippen LogP contribution in [0.1, 0.15) is 31.2 Å². The van der Waals surface area contributed by atoms with Crippen molar-refractivity contribution in [3.8, 4) is 17.2 Å². The highest BCUT2D eigenvalue weighted by atomic mass is 16.5. The van der Waals surface area contributed by atoms with Gasteiger partial charge in [0.15, 0.2) is 17.5 Å². The monoisotopic (exact) mass is 378 g/mol. The van der Waals surface area contributed by atoms with Gasteiger partial charge < -0.3 is 30.2 Å². The third-order valence-corrected chi connectivity index (χ3v) is 4.22. The Bertz CT molecular complexity index is 634. The van der Waals surface area contributed by atoms with Crippen molar-refractivity contribution in [3.05, 3.63) is 17.7 Å². The average Bonchev–Trinajstić information content (AvgIpc) is 3.50. The number of carbonyl (C=O) groups excluding carboxylic acids is 1. The fourth-order valence-corrected chi connectivity index (χ4v) is 2.63. The smallest absolute Gasteiger partial charge is 0.220 e. The lowest BCUT2D eigenvalue weighted by Gasteiger charge is -2.16. The fourth-order valence-electron chi connectivity index (χ4n) is 2.63. The van der Waals surface area contributed by atoms with Gasteiger partial charge in [0, 0.05) is 32.6 Å². The molecule has 0 radical (unpaired) electrons. The summed E-state index contributed by atoms with van der Waals surface area (Å²) in [7, 11) is 6.47. The molecule has 1 aromatic rings. The lowest BCUT2D eigenvalue weighted by atomic mass is 10.2. The molecule has 1 aliphatic carbocycles. The van der Waals surface area contributed by atoms with Crippen LogP contribution in [0.15, 0.2) is 17.1 Å². The van der Waals surface area contributed by atoms with Crippen LogP contribution in [-0.4, -0.2) is 52.8 Å². The highest BCUT2D eigenvalue weighted by Crippen LogP contribution is 2.38. The van der Waals surface area contributed by atoms with Gasteiger partial charge in [0.1, 0.15) is 0 Å². The molecule has 27 heavy (non-hydrogen) atoms. The van der Waals surface area contributed by atoms with Crippen LogP contribution in [0.3, 0.4) is 0 Å². The molecule has 1 aromatic carbocycles. The van der Waals surface area contributed by atoms with Gasteiger partial charge in [-0.25, -0.2) is 0 Å². The van der Waals surface area contributed by atoms with Gasteiger partial charge in [-0.3, -0.25) is 9.79 Å². The Kier molecular flexibility index (Phi) is 8.03. The molecule has 0 bridgehead atoms. The van der Waals surface area contributed by atoms with E-state index in [9.17, 15) is 4.79 Å². The van der Waals surface area contributed by atoms with Crippen molar-refractivity contribution in [2.45, 2.75) is 38.3 Å². The van der Waals surface area contributed by atoms with Crippen molar-refractivity contribution >= 4 is 11.9 Å². The standard InChI is InChI=1S/C19H30N4O4/c1-20-19(21-9-5-6-17(24)23-14-7-8-14)22-12-13-10-15(25-2)18(27-4)16(11-13)26-3/h10-11,14H,5-9,12H2,1-4H3,(H,23,24)(H2,20,21,22). The summed E-state index contributed by atoms with van der Waals surface area (Å²) in [6, 6.07) is 4.20. The highest BCUT2D eigenvalue weighted by molar-refractivity contribution is 5.80. The van der Waals surface area contributed by atoms with E-state index in [1.54, 1.807) is 28.4 Å². The minimum Gasteiger partial charge on any atom is -0.493 e. The third kappa shape index (κ3) is 6.54. The number of amides is 1. The Morgan fingerprint density at radius 1 is 1.11 bits per heavy atom. The van der Waals surface area contributed by atoms with Gasteiger partial charge in [-0.05, 0) is 37.0 Å². The van der Waals surface area contributed by atoms with E-state index in [1.807, 2.05) is 12.1 Å².